The zero-order chi connectivity index (χ0) is 25.3. The molecule has 186 valence electrons. The smallest absolute Gasteiger partial charge is 0.279 e. The monoisotopic (exact) mass is 507 g/mol. The van der Waals surface area contributed by atoms with Crippen molar-refractivity contribution in [1.82, 2.24) is 19.9 Å². The van der Waals surface area contributed by atoms with Gasteiger partial charge in [0, 0.05) is 23.8 Å². The average molecular weight is 508 g/mol. The molecule has 0 amide bonds. The van der Waals surface area contributed by atoms with Crippen LogP contribution < -0.4 is 15.8 Å². The average Bonchev–Trinajstić information content (AvgIpc) is 2.87. The number of nitrogens with two attached hydrogens (primary N) is 1. The van der Waals surface area contributed by atoms with Gasteiger partial charge in [-0.2, -0.15) is 8.42 Å². The summed E-state index contributed by atoms with van der Waals surface area (Å²) in [6.45, 7) is 1.91. The molecular weight excluding hydrogens is 481 g/mol. The van der Waals surface area contributed by atoms with E-state index in [1.807, 2.05) is 13.0 Å². The normalized spacial score (nSPS) is 18.2. The third kappa shape index (κ3) is 5.12. The fourth-order valence-corrected chi connectivity index (χ4v) is 5.32. The second-order valence-corrected chi connectivity index (χ2v) is 10.6. The molecule has 0 bridgehead atoms. The van der Waals surface area contributed by atoms with E-state index in [9.17, 15) is 12.8 Å². The van der Waals surface area contributed by atoms with E-state index in [0.29, 0.717) is 34.3 Å². The van der Waals surface area contributed by atoms with Crippen LogP contribution in [0.4, 0.5) is 16.0 Å². The van der Waals surface area contributed by atoms with E-state index in [-0.39, 0.29) is 16.8 Å². The number of nitrogens with one attached hydrogen (secondary N) is 2. The van der Waals surface area contributed by atoms with E-state index in [4.69, 9.17) is 5.73 Å². The molecule has 1 aliphatic rings. The Kier molecular flexibility index (Phi) is 6.50. The molecule has 5 rings (SSSR count). The van der Waals surface area contributed by atoms with Crippen molar-refractivity contribution in [1.29, 1.82) is 0 Å². The Bertz CT molecular complexity index is 1510. The Morgan fingerprint density at radius 2 is 1.83 bits per heavy atom. The lowest BCUT2D eigenvalue weighted by Gasteiger charge is -2.26. The van der Waals surface area contributed by atoms with Crippen molar-refractivity contribution in [3.63, 3.8) is 0 Å². The minimum atomic E-state index is -4.01. The van der Waals surface area contributed by atoms with Crippen LogP contribution in [0.15, 0.2) is 59.9 Å². The number of rotatable bonds is 6. The predicted molar refractivity (Wildman–Crippen MR) is 136 cm³/mol. The van der Waals surface area contributed by atoms with Crippen molar-refractivity contribution in [2.45, 2.75) is 49.7 Å². The van der Waals surface area contributed by atoms with Crippen LogP contribution in [0.5, 0.6) is 0 Å². The number of aromatic nitrogens is 4. The Morgan fingerprint density at radius 3 is 2.56 bits per heavy atom. The summed E-state index contributed by atoms with van der Waals surface area (Å²) in [5, 5.41) is 3.20. The van der Waals surface area contributed by atoms with Gasteiger partial charge in [-0.3, -0.25) is 4.72 Å². The van der Waals surface area contributed by atoms with Gasteiger partial charge < -0.3 is 11.1 Å². The van der Waals surface area contributed by atoms with Crippen molar-refractivity contribution in [3.8, 4) is 11.3 Å². The highest BCUT2D eigenvalue weighted by Gasteiger charge is 2.20. The first-order chi connectivity index (χ1) is 17.3. The maximum absolute atomic E-state index is 14.9. The first kappa shape index (κ1) is 24.0. The number of nitrogens with zero attached hydrogens (tertiary/aromatic N) is 4. The van der Waals surface area contributed by atoms with E-state index < -0.39 is 15.8 Å². The molecule has 1 saturated carbocycles. The molecule has 0 unspecified atom stereocenters. The van der Waals surface area contributed by atoms with Gasteiger partial charge in [0.2, 0.25) is 5.95 Å². The maximum atomic E-state index is 14.9. The van der Waals surface area contributed by atoms with Crippen LogP contribution in [-0.2, 0) is 10.0 Å². The summed E-state index contributed by atoms with van der Waals surface area (Å²) in [6.07, 6.45) is 6.94. The van der Waals surface area contributed by atoms with Gasteiger partial charge >= 0.3 is 0 Å². The molecule has 3 heterocycles. The summed E-state index contributed by atoms with van der Waals surface area (Å²) in [5.41, 5.74) is 9.01. The quantitative estimate of drug-likeness (QED) is 0.356. The van der Waals surface area contributed by atoms with Gasteiger partial charge in [0.25, 0.3) is 10.0 Å². The Hall–Kier alpha value is -3.70. The van der Waals surface area contributed by atoms with Crippen LogP contribution in [0.2, 0.25) is 0 Å². The van der Waals surface area contributed by atoms with Gasteiger partial charge in [-0.1, -0.05) is 12.1 Å². The zero-order valence-corrected chi connectivity index (χ0v) is 20.5. The zero-order valence-electron chi connectivity index (χ0n) is 19.6. The number of aryl methyl sites for hydroxylation is 1. The van der Waals surface area contributed by atoms with E-state index in [1.165, 1.54) is 24.4 Å². The van der Waals surface area contributed by atoms with Crippen LogP contribution in [0.3, 0.4) is 0 Å². The summed E-state index contributed by atoms with van der Waals surface area (Å²) < 4.78 is 42.1. The van der Waals surface area contributed by atoms with E-state index in [2.05, 4.69) is 30.0 Å². The van der Waals surface area contributed by atoms with Crippen LogP contribution in [0.1, 0.15) is 31.2 Å². The molecular formula is C25H26FN7O2S. The molecule has 0 atom stereocenters. The van der Waals surface area contributed by atoms with Gasteiger partial charge in [0.05, 0.1) is 23.1 Å². The Balaban J connectivity index is 1.38. The number of sulfonamides is 1. The summed E-state index contributed by atoms with van der Waals surface area (Å²) in [7, 11) is -4.01. The number of anilines is 2. The lowest BCUT2D eigenvalue weighted by Crippen LogP contribution is -2.33. The highest BCUT2D eigenvalue weighted by molar-refractivity contribution is 7.92. The molecule has 1 aromatic carbocycles. The Labute approximate surface area is 208 Å². The van der Waals surface area contributed by atoms with Crippen molar-refractivity contribution >= 4 is 32.7 Å². The SMILES string of the molecule is Cc1cc(-c2ccc(NS(=O)(=O)c3ccccn3)c(F)c2)nc2cnc(N[C@H]3CC[C@H](N)CC3)nc12. The number of fused-ring (bicyclic) bond motifs is 1. The first-order valence-corrected chi connectivity index (χ1v) is 13.2. The van der Waals surface area contributed by atoms with Crippen LogP contribution >= 0.6 is 0 Å². The highest BCUT2D eigenvalue weighted by atomic mass is 32.2. The number of hydrogen-bond donors (Lipinski definition) is 3. The lowest BCUT2D eigenvalue weighted by atomic mass is 9.92. The molecule has 1 fully saturated rings. The molecule has 0 radical (unpaired) electrons. The minimum absolute atomic E-state index is 0.176. The molecule has 1 aliphatic carbocycles. The van der Waals surface area contributed by atoms with E-state index in [1.54, 1.807) is 24.4 Å². The van der Waals surface area contributed by atoms with Crippen molar-refractivity contribution in [2.75, 3.05) is 10.0 Å². The fraction of sp³-hybridized carbons (Fsp3) is 0.280. The topological polar surface area (TPSA) is 136 Å². The number of benzene rings is 1. The lowest BCUT2D eigenvalue weighted by molar-refractivity contribution is 0.410. The molecule has 0 aliphatic heterocycles. The second kappa shape index (κ2) is 9.75. The molecule has 11 heteroatoms. The van der Waals surface area contributed by atoms with Crippen molar-refractivity contribution in [3.05, 3.63) is 66.2 Å². The van der Waals surface area contributed by atoms with Crippen LogP contribution in [0.25, 0.3) is 22.3 Å². The van der Waals surface area contributed by atoms with Crippen molar-refractivity contribution in [2.24, 2.45) is 5.73 Å². The summed E-state index contributed by atoms with van der Waals surface area (Å²) in [4.78, 5) is 17.5. The summed E-state index contributed by atoms with van der Waals surface area (Å²) >= 11 is 0. The molecule has 0 spiro atoms. The molecule has 0 saturated heterocycles. The molecule has 36 heavy (non-hydrogen) atoms. The molecule has 3 aromatic heterocycles. The highest BCUT2D eigenvalue weighted by Crippen LogP contribution is 2.28. The van der Waals surface area contributed by atoms with E-state index in [0.717, 1.165) is 31.2 Å². The van der Waals surface area contributed by atoms with Gasteiger partial charge in [-0.25, -0.2) is 24.3 Å². The Morgan fingerprint density at radius 1 is 1.03 bits per heavy atom. The van der Waals surface area contributed by atoms with Gasteiger partial charge in [-0.15, -0.1) is 0 Å². The number of pyridine rings is 2. The van der Waals surface area contributed by atoms with Crippen molar-refractivity contribution < 1.29 is 12.8 Å². The van der Waals surface area contributed by atoms with Crippen LogP contribution in [-0.4, -0.2) is 40.4 Å². The second-order valence-electron chi connectivity index (χ2n) is 8.98. The van der Waals surface area contributed by atoms with Gasteiger partial charge in [0.1, 0.15) is 11.3 Å². The largest absolute Gasteiger partial charge is 0.351 e. The predicted octanol–water partition coefficient (Wildman–Crippen LogP) is 4.02. The molecule has 4 N–H and O–H groups in total. The third-order valence-electron chi connectivity index (χ3n) is 6.26. The van der Waals surface area contributed by atoms with Gasteiger partial charge in [-0.05, 0) is 68.5 Å². The van der Waals surface area contributed by atoms with Crippen LogP contribution in [0, 0.1) is 12.7 Å². The minimum Gasteiger partial charge on any atom is -0.351 e. The molecule has 4 aromatic rings. The summed E-state index contributed by atoms with van der Waals surface area (Å²) in [5.74, 6) is -0.175. The summed E-state index contributed by atoms with van der Waals surface area (Å²) in [6, 6.07) is 11.1. The van der Waals surface area contributed by atoms with Gasteiger partial charge in [0.15, 0.2) is 5.03 Å². The maximum Gasteiger partial charge on any atom is 0.279 e. The first-order valence-electron chi connectivity index (χ1n) is 11.7. The number of hydrogen-bond acceptors (Lipinski definition) is 8. The standard InChI is InChI=1S/C25H26FN7O2S/c1-15-12-21(31-22-14-29-25(32-24(15)22)30-18-8-6-17(27)7-9-18)16-5-10-20(19(26)13-16)33-36(34,35)23-4-2-3-11-28-23/h2-5,10-14,17-18,33H,6-9,27H2,1H3,(H,29,30,32)/t17-,18-. The van der Waals surface area contributed by atoms with E-state index >= 15 is 0 Å². The third-order valence-corrected chi connectivity index (χ3v) is 7.55. The molecule has 9 nitrogen and oxygen atoms in total. The fourth-order valence-electron chi connectivity index (χ4n) is 4.31. The number of halogens is 1.